The zero-order chi connectivity index (χ0) is 14.5. The lowest BCUT2D eigenvalue weighted by atomic mass is 10.1. The number of benzene rings is 1. The van der Waals surface area contributed by atoms with Crippen molar-refractivity contribution >= 4 is 41.5 Å². The molecule has 2 rings (SSSR count). The molecule has 0 spiro atoms. The van der Waals surface area contributed by atoms with Gasteiger partial charge in [0.05, 0.1) is 12.7 Å². The summed E-state index contributed by atoms with van der Waals surface area (Å²) in [4.78, 5) is 11.8. The molecule has 1 aromatic carbocycles. The van der Waals surface area contributed by atoms with Gasteiger partial charge in [-0.15, -0.1) is 12.4 Å². The summed E-state index contributed by atoms with van der Waals surface area (Å²) >= 11 is 11.7. The first-order chi connectivity index (χ1) is 9.56. The van der Waals surface area contributed by atoms with E-state index in [1.54, 1.807) is 18.2 Å². The number of rotatable bonds is 4. The molecule has 0 aromatic heterocycles. The zero-order valence-electron chi connectivity index (χ0n) is 11.1. The number of amides is 1. The SMILES string of the molecule is Cl.O=C(NCC(O)c1cc(Cl)cc(Cl)c1)C1CNCCO1. The molecule has 2 unspecified atom stereocenters. The van der Waals surface area contributed by atoms with E-state index in [1.165, 1.54) is 0 Å². The summed E-state index contributed by atoms with van der Waals surface area (Å²) in [6, 6.07) is 4.81. The molecule has 1 aromatic rings. The van der Waals surface area contributed by atoms with Crippen molar-refractivity contribution in [3.63, 3.8) is 0 Å². The summed E-state index contributed by atoms with van der Waals surface area (Å²) in [7, 11) is 0. The molecule has 1 fully saturated rings. The smallest absolute Gasteiger partial charge is 0.250 e. The quantitative estimate of drug-likeness (QED) is 0.766. The number of aliphatic hydroxyl groups is 1. The highest BCUT2D eigenvalue weighted by Crippen LogP contribution is 2.23. The molecule has 0 aliphatic carbocycles. The van der Waals surface area contributed by atoms with Crippen LogP contribution in [0.1, 0.15) is 11.7 Å². The minimum Gasteiger partial charge on any atom is -0.387 e. The molecule has 1 aliphatic heterocycles. The Hall–Kier alpha value is -0.560. The molecule has 5 nitrogen and oxygen atoms in total. The van der Waals surface area contributed by atoms with Gasteiger partial charge in [0.15, 0.2) is 0 Å². The molecule has 0 radical (unpaired) electrons. The van der Waals surface area contributed by atoms with Crippen LogP contribution >= 0.6 is 35.6 Å². The van der Waals surface area contributed by atoms with E-state index in [1.807, 2.05) is 0 Å². The van der Waals surface area contributed by atoms with Crippen LogP contribution in [0.25, 0.3) is 0 Å². The van der Waals surface area contributed by atoms with Crippen LogP contribution in [0.2, 0.25) is 10.0 Å². The Morgan fingerprint density at radius 2 is 2.10 bits per heavy atom. The van der Waals surface area contributed by atoms with Crippen LogP contribution in [0, 0.1) is 0 Å². The highest BCUT2D eigenvalue weighted by molar-refractivity contribution is 6.34. The van der Waals surface area contributed by atoms with Gasteiger partial charge in [0, 0.05) is 29.7 Å². The van der Waals surface area contributed by atoms with Gasteiger partial charge in [-0.25, -0.2) is 0 Å². The lowest BCUT2D eigenvalue weighted by Gasteiger charge is -2.23. The number of hydrogen-bond donors (Lipinski definition) is 3. The number of halogens is 3. The molecule has 3 N–H and O–H groups in total. The summed E-state index contributed by atoms with van der Waals surface area (Å²) < 4.78 is 5.32. The van der Waals surface area contributed by atoms with Crippen molar-refractivity contribution in [3.8, 4) is 0 Å². The molecule has 0 bridgehead atoms. The minimum absolute atomic E-state index is 0. The van der Waals surface area contributed by atoms with Crippen LogP contribution in [0.3, 0.4) is 0 Å². The van der Waals surface area contributed by atoms with Crippen LogP contribution in [0.4, 0.5) is 0 Å². The van der Waals surface area contributed by atoms with Crippen molar-refractivity contribution in [2.24, 2.45) is 0 Å². The molecule has 1 aliphatic rings. The first kappa shape index (κ1) is 18.5. The average Bonchev–Trinajstić information content (AvgIpc) is 2.44. The summed E-state index contributed by atoms with van der Waals surface area (Å²) in [6.45, 7) is 1.80. The maximum Gasteiger partial charge on any atom is 0.250 e. The molecule has 2 atom stereocenters. The lowest BCUT2D eigenvalue weighted by molar-refractivity contribution is -0.134. The van der Waals surface area contributed by atoms with E-state index in [4.69, 9.17) is 27.9 Å². The number of carbonyl (C=O) groups excluding carboxylic acids is 1. The molecule has 21 heavy (non-hydrogen) atoms. The zero-order valence-corrected chi connectivity index (χ0v) is 13.5. The van der Waals surface area contributed by atoms with Crippen molar-refractivity contribution in [1.82, 2.24) is 10.6 Å². The van der Waals surface area contributed by atoms with Gasteiger partial charge < -0.3 is 20.5 Å². The fourth-order valence-corrected chi connectivity index (χ4v) is 2.47. The van der Waals surface area contributed by atoms with Crippen LogP contribution in [-0.2, 0) is 9.53 Å². The predicted octanol–water partition coefficient (Wildman–Crippen LogP) is 1.55. The van der Waals surface area contributed by atoms with E-state index in [0.717, 1.165) is 6.54 Å². The number of ether oxygens (including phenoxy) is 1. The van der Waals surface area contributed by atoms with E-state index >= 15 is 0 Å². The second kappa shape index (κ2) is 8.78. The topological polar surface area (TPSA) is 70.6 Å². The van der Waals surface area contributed by atoms with Gasteiger partial charge in [0.1, 0.15) is 6.10 Å². The number of aliphatic hydroxyl groups excluding tert-OH is 1. The first-order valence-corrected chi connectivity index (χ1v) is 7.06. The summed E-state index contributed by atoms with van der Waals surface area (Å²) in [5.74, 6) is -0.246. The molecule has 118 valence electrons. The molecule has 0 saturated carbocycles. The third kappa shape index (κ3) is 5.62. The van der Waals surface area contributed by atoms with E-state index in [2.05, 4.69) is 10.6 Å². The highest BCUT2D eigenvalue weighted by atomic mass is 35.5. The minimum atomic E-state index is -0.869. The van der Waals surface area contributed by atoms with E-state index < -0.39 is 12.2 Å². The molecular formula is C13H17Cl3N2O3. The van der Waals surface area contributed by atoms with E-state index in [9.17, 15) is 9.90 Å². The number of carbonyl (C=O) groups is 1. The normalized spacial score (nSPS) is 19.5. The van der Waals surface area contributed by atoms with E-state index in [-0.39, 0.29) is 24.9 Å². The van der Waals surface area contributed by atoms with Crippen molar-refractivity contribution in [2.75, 3.05) is 26.2 Å². The van der Waals surface area contributed by atoms with Crippen LogP contribution in [0.15, 0.2) is 18.2 Å². The number of morpholine rings is 1. The van der Waals surface area contributed by atoms with Crippen LogP contribution in [0.5, 0.6) is 0 Å². The van der Waals surface area contributed by atoms with Crippen molar-refractivity contribution in [1.29, 1.82) is 0 Å². The predicted molar refractivity (Wildman–Crippen MR) is 84.3 cm³/mol. The number of nitrogens with one attached hydrogen (secondary N) is 2. The lowest BCUT2D eigenvalue weighted by Crippen LogP contribution is -2.48. The van der Waals surface area contributed by atoms with Gasteiger partial charge in [-0.2, -0.15) is 0 Å². The maximum atomic E-state index is 11.8. The van der Waals surface area contributed by atoms with Crippen molar-refractivity contribution in [3.05, 3.63) is 33.8 Å². The Balaban J connectivity index is 0.00000220. The largest absolute Gasteiger partial charge is 0.387 e. The molecule has 1 saturated heterocycles. The van der Waals surface area contributed by atoms with Gasteiger partial charge >= 0.3 is 0 Å². The summed E-state index contributed by atoms with van der Waals surface area (Å²) in [5, 5.41) is 16.6. The Bertz CT molecular complexity index is 461. The van der Waals surface area contributed by atoms with Crippen LogP contribution < -0.4 is 10.6 Å². The third-order valence-corrected chi connectivity index (χ3v) is 3.40. The fourth-order valence-electron chi connectivity index (χ4n) is 1.93. The van der Waals surface area contributed by atoms with Gasteiger partial charge in [0.2, 0.25) is 0 Å². The summed E-state index contributed by atoms with van der Waals surface area (Å²) in [5.41, 5.74) is 0.561. The van der Waals surface area contributed by atoms with Crippen LogP contribution in [-0.4, -0.2) is 43.4 Å². The van der Waals surface area contributed by atoms with Crippen molar-refractivity contribution in [2.45, 2.75) is 12.2 Å². The van der Waals surface area contributed by atoms with Gasteiger partial charge in [-0.1, -0.05) is 23.2 Å². The maximum absolute atomic E-state index is 11.8. The molecule has 1 heterocycles. The Morgan fingerprint density at radius 3 is 2.67 bits per heavy atom. The standard InChI is InChI=1S/C13H16Cl2N2O3.ClH/c14-9-3-8(4-10(15)5-9)11(18)6-17-13(19)12-7-16-1-2-20-12;/h3-5,11-12,16,18H,1-2,6-7H2,(H,17,19);1H. The second-order valence-corrected chi connectivity index (χ2v) is 5.40. The monoisotopic (exact) mass is 354 g/mol. The van der Waals surface area contributed by atoms with Gasteiger partial charge in [-0.05, 0) is 23.8 Å². The molecule has 1 amide bonds. The third-order valence-electron chi connectivity index (χ3n) is 2.96. The average molecular weight is 356 g/mol. The van der Waals surface area contributed by atoms with E-state index in [0.29, 0.717) is 28.8 Å². The fraction of sp³-hybridized carbons (Fsp3) is 0.462. The number of hydrogen-bond acceptors (Lipinski definition) is 4. The summed E-state index contributed by atoms with van der Waals surface area (Å²) in [6.07, 6.45) is -1.38. The highest BCUT2D eigenvalue weighted by Gasteiger charge is 2.22. The molecule has 8 heteroatoms. The Kier molecular flexibility index (Phi) is 7.73. The Morgan fingerprint density at radius 1 is 1.43 bits per heavy atom. The molecular weight excluding hydrogens is 339 g/mol. The van der Waals surface area contributed by atoms with Crippen molar-refractivity contribution < 1.29 is 14.6 Å². The first-order valence-electron chi connectivity index (χ1n) is 6.30. The van der Waals surface area contributed by atoms with Gasteiger partial charge in [0.25, 0.3) is 5.91 Å². The van der Waals surface area contributed by atoms with Gasteiger partial charge in [-0.3, -0.25) is 4.79 Å². The Labute approximate surface area is 139 Å². The second-order valence-electron chi connectivity index (χ2n) is 4.53.